The van der Waals surface area contributed by atoms with Gasteiger partial charge in [-0.25, -0.2) is 14.3 Å². The zero-order valence-corrected chi connectivity index (χ0v) is 7.43. The second-order valence-corrected chi connectivity index (χ2v) is 2.92. The van der Waals surface area contributed by atoms with Crippen LogP contribution in [0.3, 0.4) is 0 Å². The van der Waals surface area contributed by atoms with Crippen LogP contribution in [0.1, 0.15) is 16.2 Å². The fraction of sp³-hybridized carbons (Fsp3) is 0.125. The summed E-state index contributed by atoms with van der Waals surface area (Å²) >= 11 is 0. The van der Waals surface area contributed by atoms with Gasteiger partial charge in [-0.15, -0.1) is 0 Å². The predicted octanol–water partition coefficient (Wildman–Crippen LogP) is 0.318. The van der Waals surface area contributed by atoms with E-state index in [4.69, 9.17) is 10.8 Å². The largest absolute Gasteiger partial charge is 0.477 e. The number of nitrogen functional groups attached to an aromatic ring is 1. The van der Waals surface area contributed by atoms with Gasteiger partial charge in [0.2, 0.25) is 0 Å². The zero-order valence-electron chi connectivity index (χ0n) is 7.43. The fourth-order valence-electron chi connectivity index (χ4n) is 1.24. The molecule has 0 spiro atoms. The van der Waals surface area contributed by atoms with Crippen molar-refractivity contribution in [3.8, 4) is 0 Å². The zero-order chi connectivity index (χ0) is 10.3. The van der Waals surface area contributed by atoms with Crippen molar-refractivity contribution in [2.24, 2.45) is 0 Å². The number of nitrogens with two attached hydrogens (primary N) is 1. The average molecular weight is 192 g/mol. The molecule has 72 valence electrons. The van der Waals surface area contributed by atoms with Crippen LogP contribution in [-0.2, 0) is 0 Å². The van der Waals surface area contributed by atoms with Crippen molar-refractivity contribution in [1.82, 2.24) is 14.6 Å². The van der Waals surface area contributed by atoms with Gasteiger partial charge >= 0.3 is 5.97 Å². The van der Waals surface area contributed by atoms with Crippen LogP contribution in [0, 0.1) is 6.92 Å². The molecule has 2 heterocycles. The summed E-state index contributed by atoms with van der Waals surface area (Å²) in [7, 11) is 0. The highest BCUT2D eigenvalue weighted by Gasteiger charge is 2.10. The number of aryl methyl sites for hydroxylation is 1. The number of hydrogen-bond acceptors (Lipinski definition) is 4. The van der Waals surface area contributed by atoms with E-state index in [0.29, 0.717) is 17.0 Å². The Labute approximate surface area is 79.0 Å². The molecule has 0 aliphatic heterocycles. The van der Waals surface area contributed by atoms with Crippen LogP contribution in [0.4, 0.5) is 5.69 Å². The normalized spacial score (nSPS) is 10.6. The van der Waals surface area contributed by atoms with Gasteiger partial charge in [-0.2, -0.15) is 5.10 Å². The summed E-state index contributed by atoms with van der Waals surface area (Å²) in [6, 6.07) is 1.45. The maximum atomic E-state index is 10.7. The summed E-state index contributed by atoms with van der Waals surface area (Å²) in [6.45, 7) is 1.74. The predicted molar refractivity (Wildman–Crippen MR) is 49.1 cm³/mol. The Bertz CT molecular complexity index is 517. The van der Waals surface area contributed by atoms with Gasteiger partial charge in [0.25, 0.3) is 0 Å². The van der Waals surface area contributed by atoms with Gasteiger partial charge in [0.1, 0.15) is 0 Å². The van der Waals surface area contributed by atoms with E-state index < -0.39 is 5.97 Å². The SMILES string of the molecule is Cc1cc(C(=O)O)nc2c(N)cnn12. The summed E-state index contributed by atoms with van der Waals surface area (Å²) in [5.74, 6) is -1.07. The molecule has 0 aromatic carbocycles. The molecule has 0 radical (unpaired) electrons. The number of aromatic carboxylic acids is 1. The maximum Gasteiger partial charge on any atom is 0.354 e. The Kier molecular flexibility index (Phi) is 1.63. The first-order valence-electron chi connectivity index (χ1n) is 3.94. The van der Waals surface area contributed by atoms with Gasteiger partial charge in [0.15, 0.2) is 11.3 Å². The number of carboxylic acid groups (broad SMARTS) is 1. The van der Waals surface area contributed by atoms with Gasteiger partial charge in [-0.05, 0) is 13.0 Å². The first-order chi connectivity index (χ1) is 6.59. The molecule has 14 heavy (non-hydrogen) atoms. The Hall–Kier alpha value is -2.11. The Morgan fingerprint density at radius 3 is 3.00 bits per heavy atom. The van der Waals surface area contributed by atoms with E-state index in [2.05, 4.69) is 10.1 Å². The third kappa shape index (κ3) is 1.08. The molecule has 0 atom stereocenters. The molecule has 6 heteroatoms. The van der Waals surface area contributed by atoms with Crippen LogP contribution in [0.5, 0.6) is 0 Å². The molecule has 2 aromatic heterocycles. The summed E-state index contributed by atoms with van der Waals surface area (Å²) in [5, 5.41) is 12.7. The van der Waals surface area contributed by atoms with Crippen LogP contribution in [0.15, 0.2) is 12.3 Å². The summed E-state index contributed by atoms with van der Waals surface area (Å²) in [5.41, 5.74) is 6.98. The number of carboxylic acids is 1. The van der Waals surface area contributed by atoms with E-state index in [-0.39, 0.29) is 5.69 Å². The quantitative estimate of drug-likeness (QED) is 0.678. The summed E-state index contributed by atoms with van der Waals surface area (Å²) < 4.78 is 1.50. The molecule has 2 aromatic rings. The first-order valence-corrected chi connectivity index (χ1v) is 3.94. The molecule has 0 saturated heterocycles. The van der Waals surface area contributed by atoms with Crippen molar-refractivity contribution in [2.45, 2.75) is 6.92 Å². The molecule has 2 rings (SSSR count). The maximum absolute atomic E-state index is 10.7. The highest BCUT2D eigenvalue weighted by Crippen LogP contribution is 2.13. The van der Waals surface area contributed by atoms with Crippen LogP contribution < -0.4 is 5.73 Å². The molecular weight excluding hydrogens is 184 g/mol. The molecule has 0 aliphatic rings. The molecule has 0 saturated carbocycles. The number of nitrogens with zero attached hydrogens (tertiary/aromatic N) is 3. The molecular formula is C8H8N4O2. The highest BCUT2D eigenvalue weighted by molar-refractivity contribution is 5.86. The second kappa shape index (κ2) is 2.69. The van der Waals surface area contributed by atoms with E-state index in [9.17, 15) is 4.79 Å². The van der Waals surface area contributed by atoms with E-state index in [1.165, 1.54) is 16.8 Å². The molecule has 0 fully saturated rings. The lowest BCUT2D eigenvalue weighted by Gasteiger charge is -2.00. The Morgan fingerprint density at radius 1 is 1.64 bits per heavy atom. The number of hydrogen-bond donors (Lipinski definition) is 2. The van der Waals surface area contributed by atoms with Crippen molar-refractivity contribution in [3.05, 3.63) is 23.7 Å². The minimum atomic E-state index is -1.07. The Balaban J connectivity index is 2.82. The number of aromatic nitrogens is 3. The number of rotatable bonds is 1. The molecule has 0 unspecified atom stereocenters. The third-order valence-corrected chi connectivity index (χ3v) is 1.90. The minimum absolute atomic E-state index is 0.0257. The van der Waals surface area contributed by atoms with Crippen LogP contribution in [0.2, 0.25) is 0 Å². The van der Waals surface area contributed by atoms with Crippen LogP contribution in [-0.4, -0.2) is 25.7 Å². The smallest absolute Gasteiger partial charge is 0.354 e. The van der Waals surface area contributed by atoms with Crippen molar-refractivity contribution in [1.29, 1.82) is 0 Å². The van der Waals surface area contributed by atoms with E-state index >= 15 is 0 Å². The molecule has 6 nitrogen and oxygen atoms in total. The molecule has 3 N–H and O–H groups in total. The number of fused-ring (bicyclic) bond motifs is 1. The van der Waals surface area contributed by atoms with Crippen molar-refractivity contribution in [3.63, 3.8) is 0 Å². The standard InChI is InChI=1S/C8H8N4O2/c1-4-2-6(8(13)14)11-7-5(9)3-10-12(4)7/h2-3H,9H2,1H3,(H,13,14). The van der Waals surface area contributed by atoms with Crippen molar-refractivity contribution < 1.29 is 9.90 Å². The van der Waals surface area contributed by atoms with E-state index in [1.807, 2.05) is 0 Å². The Morgan fingerprint density at radius 2 is 2.36 bits per heavy atom. The summed E-state index contributed by atoms with van der Waals surface area (Å²) in [6.07, 6.45) is 1.45. The second-order valence-electron chi connectivity index (χ2n) is 2.92. The van der Waals surface area contributed by atoms with E-state index in [0.717, 1.165) is 0 Å². The molecule has 0 aliphatic carbocycles. The van der Waals surface area contributed by atoms with Gasteiger partial charge in [0.05, 0.1) is 11.9 Å². The first kappa shape index (κ1) is 8.49. The van der Waals surface area contributed by atoms with Crippen molar-refractivity contribution in [2.75, 3.05) is 5.73 Å². The lowest BCUT2D eigenvalue weighted by molar-refractivity contribution is 0.0690. The van der Waals surface area contributed by atoms with Gasteiger partial charge in [-0.1, -0.05) is 0 Å². The van der Waals surface area contributed by atoms with Crippen LogP contribution >= 0.6 is 0 Å². The van der Waals surface area contributed by atoms with Crippen LogP contribution in [0.25, 0.3) is 5.65 Å². The molecule has 0 bridgehead atoms. The topological polar surface area (TPSA) is 93.5 Å². The molecule has 0 amide bonds. The lowest BCUT2D eigenvalue weighted by atomic mass is 10.3. The van der Waals surface area contributed by atoms with Crippen molar-refractivity contribution >= 4 is 17.3 Å². The monoisotopic (exact) mass is 192 g/mol. The number of anilines is 1. The van der Waals surface area contributed by atoms with Gasteiger partial charge < -0.3 is 10.8 Å². The lowest BCUT2D eigenvalue weighted by Crippen LogP contribution is -2.05. The number of carbonyl (C=O) groups is 1. The minimum Gasteiger partial charge on any atom is -0.477 e. The average Bonchev–Trinajstić information content (AvgIpc) is 2.48. The fourth-order valence-corrected chi connectivity index (χ4v) is 1.24. The summed E-state index contributed by atoms with van der Waals surface area (Å²) in [4.78, 5) is 14.6. The van der Waals surface area contributed by atoms with Gasteiger partial charge in [-0.3, -0.25) is 0 Å². The highest BCUT2D eigenvalue weighted by atomic mass is 16.4. The third-order valence-electron chi connectivity index (χ3n) is 1.90. The van der Waals surface area contributed by atoms with Gasteiger partial charge in [0, 0.05) is 5.69 Å². The van der Waals surface area contributed by atoms with E-state index in [1.54, 1.807) is 6.92 Å².